The summed E-state index contributed by atoms with van der Waals surface area (Å²) in [4.78, 5) is 21.2. The molecule has 1 aromatic heterocycles. The number of carbonyl (C=O) groups is 1. The van der Waals surface area contributed by atoms with E-state index in [2.05, 4.69) is 15.1 Å². The quantitative estimate of drug-likeness (QED) is 0.734. The fourth-order valence-corrected chi connectivity index (χ4v) is 3.57. The molecule has 138 valence electrons. The predicted octanol–water partition coefficient (Wildman–Crippen LogP) is 4.44. The maximum atomic E-state index is 13.5. The second kappa shape index (κ2) is 6.79. The van der Waals surface area contributed by atoms with Crippen molar-refractivity contribution in [3.63, 3.8) is 0 Å². The van der Waals surface area contributed by atoms with E-state index in [1.54, 1.807) is 31.2 Å². The number of hydrazone groups is 1. The van der Waals surface area contributed by atoms with Crippen LogP contribution in [0, 0.1) is 5.92 Å². The van der Waals surface area contributed by atoms with Crippen molar-refractivity contribution in [2.24, 2.45) is 16.0 Å². The van der Waals surface area contributed by atoms with E-state index < -0.39 is 23.7 Å². The third kappa shape index (κ3) is 3.35. The molecular weight excluding hydrogens is 365 g/mol. The molecule has 0 fully saturated rings. The lowest BCUT2D eigenvalue weighted by molar-refractivity contribution is -0.119. The standard InChI is InChI=1S/C17H17F3N4OS/c1-4-9(2)21-10(3)13-14(17(18,19)20)23-24(15(13)25)16-22-11-7-5-6-8-12(11)26-16/h5-9,13H,4H2,1-3H3/t9-,13?/m1/s1. The molecule has 2 heterocycles. The minimum Gasteiger partial charge on any atom is -0.290 e. The number of hydrogen-bond acceptors (Lipinski definition) is 5. The van der Waals surface area contributed by atoms with Crippen molar-refractivity contribution in [2.75, 3.05) is 5.01 Å². The van der Waals surface area contributed by atoms with Gasteiger partial charge in [-0.25, -0.2) is 4.98 Å². The summed E-state index contributed by atoms with van der Waals surface area (Å²) in [5.41, 5.74) is -0.423. The molecule has 0 saturated heterocycles. The van der Waals surface area contributed by atoms with E-state index in [0.717, 1.165) is 21.0 Å². The molecular formula is C17H17F3N4OS. The number of aromatic nitrogens is 1. The Bertz CT molecular complexity index is 870. The number of halogens is 3. The van der Waals surface area contributed by atoms with Gasteiger partial charge in [-0.1, -0.05) is 30.4 Å². The van der Waals surface area contributed by atoms with Crippen LogP contribution in [0.5, 0.6) is 0 Å². The molecule has 3 rings (SSSR count). The number of hydrogen-bond donors (Lipinski definition) is 0. The SMILES string of the molecule is CC[C@@H](C)N=C(C)C1C(=O)N(c2nc3ccccc3s2)N=C1C(F)(F)F. The number of aliphatic imine (C=N–C) groups is 1. The Morgan fingerprint density at radius 2 is 2.08 bits per heavy atom. The second-order valence-electron chi connectivity index (χ2n) is 6.06. The molecule has 1 aliphatic rings. The Labute approximate surface area is 152 Å². The molecule has 0 radical (unpaired) electrons. The predicted molar refractivity (Wildman–Crippen MR) is 96.9 cm³/mol. The van der Waals surface area contributed by atoms with Crippen LogP contribution in [0.3, 0.4) is 0 Å². The van der Waals surface area contributed by atoms with Crippen LogP contribution < -0.4 is 5.01 Å². The highest BCUT2D eigenvalue weighted by Gasteiger charge is 2.52. The number of fused-ring (bicyclic) bond motifs is 1. The van der Waals surface area contributed by atoms with E-state index >= 15 is 0 Å². The van der Waals surface area contributed by atoms with Crippen LogP contribution >= 0.6 is 11.3 Å². The molecule has 1 aliphatic heterocycles. The third-order valence-corrected chi connectivity index (χ3v) is 5.14. The Morgan fingerprint density at radius 3 is 2.69 bits per heavy atom. The second-order valence-corrected chi connectivity index (χ2v) is 7.07. The molecule has 2 atom stereocenters. The van der Waals surface area contributed by atoms with E-state index in [1.807, 2.05) is 6.92 Å². The van der Waals surface area contributed by atoms with Gasteiger partial charge in [-0.2, -0.15) is 23.3 Å². The lowest BCUT2D eigenvalue weighted by atomic mass is 9.97. The van der Waals surface area contributed by atoms with Gasteiger partial charge in [0.05, 0.1) is 10.2 Å². The summed E-state index contributed by atoms with van der Waals surface area (Å²) in [6.07, 6.45) is -4.06. The van der Waals surface area contributed by atoms with Gasteiger partial charge in [-0.15, -0.1) is 0 Å². The first kappa shape index (κ1) is 18.5. The zero-order valence-corrected chi connectivity index (χ0v) is 15.2. The first-order valence-corrected chi connectivity index (χ1v) is 8.93. The average molecular weight is 382 g/mol. The topological polar surface area (TPSA) is 57.9 Å². The van der Waals surface area contributed by atoms with Gasteiger partial charge in [0.1, 0.15) is 5.92 Å². The summed E-state index contributed by atoms with van der Waals surface area (Å²) in [5.74, 6) is -2.31. The number of thiazole rings is 1. The van der Waals surface area contributed by atoms with Crippen LogP contribution in [0.2, 0.25) is 0 Å². The molecule has 0 saturated carbocycles. The zero-order valence-electron chi connectivity index (χ0n) is 14.4. The number of amides is 1. The molecule has 0 spiro atoms. The fourth-order valence-electron chi connectivity index (χ4n) is 2.65. The number of benzene rings is 1. The van der Waals surface area contributed by atoms with Crippen LogP contribution in [0.4, 0.5) is 18.3 Å². The average Bonchev–Trinajstić information content (AvgIpc) is 3.14. The van der Waals surface area contributed by atoms with Gasteiger partial charge < -0.3 is 0 Å². The van der Waals surface area contributed by atoms with Crippen molar-refractivity contribution in [3.8, 4) is 0 Å². The van der Waals surface area contributed by atoms with Gasteiger partial charge in [-0.3, -0.25) is 9.79 Å². The summed E-state index contributed by atoms with van der Waals surface area (Å²) in [5, 5.41) is 4.46. The van der Waals surface area contributed by atoms with Gasteiger partial charge in [-0.05, 0) is 32.4 Å². The fraction of sp³-hybridized carbons (Fsp3) is 0.412. The van der Waals surface area contributed by atoms with Crippen molar-refractivity contribution in [1.29, 1.82) is 0 Å². The van der Waals surface area contributed by atoms with Gasteiger partial charge in [0.2, 0.25) is 5.13 Å². The molecule has 5 nitrogen and oxygen atoms in total. The largest absolute Gasteiger partial charge is 0.432 e. The van der Waals surface area contributed by atoms with Crippen LogP contribution in [-0.2, 0) is 4.79 Å². The highest BCUT2D eigenvalue weighted by atomic mass is 32.1. The highest BCUT2D eigenvalue weighted by molar-refractivity contribution is 7.22. The van der Waals surface area contributed by atoms with Crippen LogP contribution in [-0.4, -0.2) is 34.5 Å². The summed E-state index contributed by atoms with van der Waals surface area (Å²) >= 11 is 1.12. The van der Waals surface area contributed by atoms with E-state index in [1.165, 1.54) is 6.92 Å². The summed E-state index contributed by atoms with van der Waals surface area (Å²) in [7, 11) is 0. The van der Waals surface area contributed by atoms with Crippen molar-refractivity contribution >= 4 is 44.0 Å². The Hall–Kier alpha value is -2.29. The number of nitrogens with zero attached hydrogens (tertiary/aromatic N) is 4. The Morgan fingerprint density at radius 1 is 1.38 bits per heavy atom. The van der Waals surface area contributed by atoms with Crippen molar-refractivity contribution in [1.82, 2.24) is 4.98 Å². The monoisotopic (exact) mass is 382 g/mol. The number of carbonyl (C=O) groups excluding carboxylic acids is 1. The third-order valence-electron chi connectivity index (χ3n) is 4.12. The zero-order chi connectivity index (χ0) is 19.1. The lowest BCUT2D eigenvalue weighted by Crippen LogP contribution is -2.38. The van der Waals surface area contributed by atoms with E-state index in [4.69, 9.17) is 0 Å². The summed E-state index contributed by atoms with van der Waals surface area (Å²) in [6, 6.07) is 6.92. The molecule has 0 bridgehead atoms. The lowest BCUT2D eigenvalue weighted by Gasteiger charge is -2.15. The molecule has 1 aromatic carbocycles. The molecule has 26 heavy (non-hydrogen) atoms. The number of rotatable bonds is 4. The molecule has 1 unspecified atom stereocenters. The number of alkyl halides is 3. The summed E-state index contributed by atoms with van der Waals surface area (Å²) in [6.45, 7) is 5.11. The highest BCUT2D eigenvalue weighted by Crippen LogP contribution is 2.36. The molecule has 0 N–H and O–H groups in total. The Balaban J connectivity index is 2.04. The number of anilines is 1. The van der Waals surface area contributed by atoms with Gasteiger partial charge in [0.25, 0.3) is 5.91 Å². The minimum atomic E-state index is -4.72. The van der Waals surface area contributed by atoms with Gasteiger partial charge in [0.15, 0.2) is 5.71 Å². The maximum Gasteiger partial charge on any atom is 0.432 e. The van der Waals surface area contributed by atoms with Crippen LogP contribution in [0.15, 0.2) is 34.4 Å². The molecule has 2 aromatic rings. The smallest absolute Gasteiger partial charge is 0.290 e. The van der Waals surface area contributed by atoms with Gasteiger partial charge >= 0.3 is 6.18 Å². The molecule has 1 amide bonds. The van der Waals surface area contributed by atoms with E-state index in [-0.39, 0.29) is 16.9 Å². The van der Waals surface area contributed by atoms with Crippen molar-refractivity contribution < 1.29 is 18.0 Å². The van der Waals surface area contributed by atoms with Crippen LogP contribution in [0.1, 0.15) is 27.2 Å². The summed E-state index contributed by atoms with van der Waals surface area (Å²) < 4.78 is 41.2. The van der Waals surface area contributed by atoms with Crippen molar-refractivity contribution in [2.45, 2.75) is 39.4 Å². The normalized spacial score (nSPS) is 20.0. The minimum absolute atomic E-state index is 0.115. The molecule has 0 aliphatic carbocycles. The number of para-hydroxylation sites is 1. The van der Waals surface area contributed by atoms with Gasteiger partial charge in [0, 0.05) is 11.8 Å². The maximum absolute atomic E-state index is 13.5. The molecule has 9 heteroatoms. The first-order chi connectivity index (χ1) is 12.2. The van der Waals surface area contributed by atoms with E-state index in [0.29, 0.717) is 11.9 Å². The first-order valence-electron chi connectivity index (χ1n) is 8.12. The van der Waals surface area contributed by atoms with Crippen molar-refractivity contribution in [3.05, 3.63) is 24.3 Å². The van der Waals surface area contributed by atoms with E-state index in [9.17, 15) is 18.0 Å². The Kier molecular flexibility index (Phi) is 4.83. The van der Waals surface area contributed by atoms with Crippen LogP contribution in [0.25, 0.3) is 10.2 Å².